The molecule has 0 heterocycles. The Bertz CT molecular complexity index is 348. The first-order chi connectivity index (χ1) is 6.98. The van der Waals surface area contributed by atoms with Crippen LogP contribution >= 0.6 is 0 Å². The van der Waals surface area contributed by atoms with E-state index < -0.39 is 17.3 Å². The number of hydrogen-bond donors (Lipinski definition) is 2. The minimum Gasteiger partial charge on any atom is -0.375 e. The molecule has 5 heteroatoms. The van der Waals surface area contributed by atoms with Gasteiger partial charge in [-0.3, -0.25) is 9.63 Å². The van der Waals surface area contributed by atoms with Crippen molar-refractivity contribution in [3.05, 3.63) is 35.6 Å². The Kier molecular flexibility index (Phi) is 3.39. The zero-order chi connectivity index (χ0) is 11.5. The van der Waals surface area contributed by atoms with Gasteiger partial charge in [-0.05, 0) is 24.6 Å². The van der Waals surface area contributed by atoms with E-state index in [1.165, 1.54) is 38.3 Å². The molecule has 1 rings (SSSR count). The van der Waals surface area contributed by atoms with Crippen LogP contribution in [0.4, 0.5) is 4.39 Å². The molecule has 2 N–H and O–H groups in total. The second kappa shape index (κ2) is 4.37. The zero-order valence-corrected chi connectivity index (χ0v) is 8.45. The Balaban J connectivity index is 2.94. The first-order valence-electron chi connectivity index (χ1n) is 4.30. The van der Waals surface area contributed by atoms with Crippen LogP contribution in [0.15, 0.2) is 24.3 Å². The van der Waals surface area contributed by atoms with E-state index in [2.05, 4.69) is 4.84 Å². The summed E-state index contributed by atoms with van der Waals surface area (Å²) in [7, 11) is 1.26. The number of aliphatic hydroxyl groups is 1. The van der Waals surface area contributed by atoms with Crippen LogP contribution in [0.5, 0.6) is 0 Å². The molecule has 1 aromatic rings. The Hall–Kier alpha value is -1.46. The van der Waals surface area contributed by atoms with Crippen molar-refractivity contribution in [2.24, 2.45) is 0 Å². The van der Waals surface area contributed by atoms with E-state index in [0.29, 0.717) is 5.56 Å². The summed E-state index contributed by atoms with van der Waals surface area (Å²) in [5, 5.41) is 9.86. The van der Waals surface area contributed by atoms with Crippen LogP contribution in [0.25, 0.3) is 0 Å². The molecule has 0 aliphatic heterocycles. The summed E-state index contributed by atoms with van der Waals surface area (Å²) < 4.78 is 12.6. The van der Waals surface area contributed by atoms with E-state index in [1.807, 2.05) is 5.48 Å². The monoisotopic (exact) mass is 213 g/mol. The van der Waals surface area contributed by atoms with Crippen LogP contribution in [0.2, 0.25) is 0 Å². The van der Waals surface area contributed by atoms with E-state index in [1.54, 1.807) is 0 Å². The van der Waals surface area contributed by atoms with Crippen molar-refractivity contribution in [2.45, 2.75) is 12.5 Å². The summed E-state index contributed by atoms with van der Waals surface area (Å²) in [6.45, 7) is 1.30. The molecule has 4 nitrogen and oxygen atoms in total. The summed E-state index contributed by atoms with van der Waals surface area (Å²) in [5.41, 5.74) is 0.560. The highest BCUT2D eigenvalue weighted by Gasteiger charge is 2.32. The van der Waals surface area contributed by atoms with Gasteiger partial charge in [0.05, 0.1) is 7.11 Å². The molecule has 0 aliphatic rings. The summed E-state index contributed by atoms with van der Waals surface area (Å²) in [5.74, 6) is -1.14. The molecule has 0 saturated carbocycles. The van der Waals surface area contributed by atoms with Crippen LogP contribution in [0.1, 0.15) is 12.5 Å². The SMILES string of the molecule is CONC(=O)C(C)(O)c1ccc(F)cc1. The van der Waals surface area contributed by atoms with Gasteiger partial charge in [0.15, 0.2) is 5.60 Å². The topological polar surface area (TPSA) is 58.6 Å². The lowest BCUT2D eigenvalue weighted by Crippen LogP contribution is -2.41. The Labute approximate surface area is 86.6 Å². The molecule has 0 saturated heterocycles. The van der Waals surface area contributed by atoms with Gasteiger partial charge in [0.1, 0.15) is 5.82 Å². The van der Waals surface area contributed by atoms with Crippen LogP contribution in [-0.2, 0) is 15.2 Å². The molecule has 82 valence electrons. The maximum absolute atomic E-state index is 12.6. The molecule has 0 aliphatic carbocycles. The Morgan fingerprint density at radius 1 is 1.47 bits per heavy atom. The first kappa shape index (κ1) is 11.6. The number of carbonyl (C=O) groups is 1. The highest BCUT2D eigenvalue weighted by molar-refractivity contribution is 5.84. The van der Waals surface area contributed by atoms with E-state index in [9.17, 15) is 14.3 Å². The molecule has 1 atom stereocenters. The molecular formula is C10H12FNO3. The predicted octanol–water partition coefficient (Wildman–Crippen LogP) is 0.711. The third-order valence-electron chi connectivity index (χ3n) is 2.04. The number of amides is 1. The number of rotatable bonds is 3. The molecule has 0 radical (unpaired) electrons. The third-order valence-corrected chi connectivity index (χ3v) is 2.04. The second-order valence-corrected chi connectivity index (χ2v) is 3.21. The molecule has 0 fully saturated rings. The number of nitrogens with one attached hydrogen (secondary N) is 1. The lowest BCUT2D eigenvalue weighted by Gasteiger charge is -2.21. The van der Waals surface area contributed by atoms with Crippen molar-refractivity contribution < 1.29 is 19.1 Å². The van der Waals surface area contributed by atoms with Crippen LogP contribution in [0.3, 0.4) is 0 Å². The van der Waals surface area contributed by atoms with Crippen LogP contribution in [0, 0.1) is 5.82 Å². The second-order valence-electron chi connectivity index (χ2n) is 3.21. The lowest BCUT2D eigenvalue weighted by molar-refractivity contribution is -0.150. The van der Waals surface area contributed by atoms with Gasteiger partial charge in [-0.2, -0.15) is 0 Å². The van der Waals surface area contributed by atoms with Crippen molar-refractivity contribution in [1.82, 2.24) is 5.48 Å². The zero-order valence-electron chi connectivity index (χ0n) is 8.45. The van der Waals surface area contributed by atoms with Gasteiger partial charge in [-0.1, -0.05) is 12.1 Å². The number of hydrogen-bond acceptors (Lipinski definition) is 3. The fourth-order valence-electron chi connectivity index (χ4n) is 1.10. The fourth-order valence-corrected chi connectivity index (χ4v) is 1.10. The molecule has 1 unspecified atom stereocenters. The Morgan fingerprint density at radius 3 is 2.47 bits per heavy atom. The molecule has 0 spiro atoms. The van der Waals surface area contributed by atoms with E-state index >= 15 is 0 Å². The lowest BCUT2D eigenvalue weighted by atomic mass is 9.95. The van der Waals surface area contributed by atoms with Gasteiger partial charge < -0.3 is 5.11 Å². The summed E-state index contributed by atoms with van der Waals surface area (Å²) >= 11 is 0. The smallest absolute Gasteiger partial charge is 0.279 e. The summed E-state index contributed by atoms with van der Waals surface area (Å²) in [6.07, 6.45) is 0. The minimum absolute atomic E-state index is 0.290. The van der Waals surface area contributed by atoms with Crippen molar-refractivity contribution in [3.63, 3.8) is 0 Å². The van der Waals surface area contributed by atoms with E-state index in [-0.39, 0.29) is 0 Å². The molecule has 0 bridgehead atoms. The molecule has 0 aromatic heterocycles. The van der Waals surface area contributed by atoms with Crippen LogP contribution < -0.4 is 5.48 Å². The summed E-state index contributed by atoms with van der Waals surface area (Å²) in [4.78, 5) is 15.8. The maximum Gasteiger partial charge on any atom is 0.279 e. The van der Waals surface area contributed by atoms with Crippen LogP contribution in [-0.4, -0.2) is 18.1 Å². The van der Waals surface area contributed by atoms with Gasteiger partial charge in [-0.15, -0.1) is 0 Å². The number of benzene rings is 1. The molecular weight excluding hydrogens is 201 g/mol. The van der Waals surface area contributed by atoms with Gasteiger partial charge in [0.25, 0.3) is 5.91 Å². The normalized spacial score (nSPS) is 14.4. The largest absolute Gasteiger partial charge is 0.375 e. The number of halogens is 1. The van der Waals surface area contributed by atoms with Gasteiger partial charge in [0.2, 0.25) is 0 Å². The molecule has 1 aromatic carbocycles. The highest BCUT2D eigenvalue weighted by atomic mass is 19.1. The molecule has 1 amide bonds. The predicted molar refractivity (Wildman–Crippen MR) is 51.1 cm³/mol. The average Bonchev–Trinajstić information content (AvgIpc) is 2.18. The van der Waals surface area contributed by atoms with Crippen molar-refractivity contribution in [2.75, 3.05) is 7.11 Å². The fraction of sp³-hybridized carbons (Fsp3) is 0.300. The number of hydroxylamine groups is 1. The van der Waals surface area contributed by atoms with Gasteiger partial charge >= 0.3 is 0 Å². The highest BCUT2D eigenvalue weighted by Crippen LogP contribution is 2.20. The summed E-state index contributed by atoms with van der Waals surface area (Å²) in [6, 6.07) is 5.02. The number of carbonyl (C=O) groups excluding carboxylic acids is 1. The van der Waals surface area contributed by atoms with Crippen molar-refractivity contribution in [1.29, 1.82) is 0 Å². The van der Waals surface area contributed by atoms with E-state index in [0.717, 1.165) is 0 Å². The first-order valence-corrected chi connectivity index (χ1v) is 4.30. The maximum atomic E-state index is 12.6. The van der Waals surface area contributed by atoms with Crippen molar-refractivity contribution >= 4 is 5.91 Å². The van der Waals surface area contributed by atoms with Gasteiger partial charge in [0, 0.05) is 0 Å². The van der Waals surface area contributed by atoms with E-state index in [4.69, 9.17) is 0 Å². The quantitative estimate of drug-likeness (QED) is 0.727. The average molecular weight is 213 g/mol. The minimum atomic E-state index is -1.75. The van der Waals surface area contributed by atoms with Crippen molar-refractivity contribution in [3.8, 4) is 0 Å². The Morgan fingerprint density at radius 2 is 2.00 bits per heavy atom. The molecule has 15 heavy (non-hydrogen) atoms. The standard InChI is InChI=1S/C10H12FNO3/c1-10(14,9(13)12-15-2)7-3-5-8(11)6-4-7/h3-6,14H,1-2H3,(H,12,13). The third kappa shape index (κ3) is 2.51. The van der Waals surface area contributed by atoms with Gasteiger partial charge in [-0.25, -0.2) is 9.87 Å².